The third-order valence-corrected chi connectivity index (χ3v) is 6.62. The Morgan fingerprint density at radius 1 is 1.12 bits per heavy atom. The molecule has 5 nitrogen and oxygen atoms in total. The zero-order chi connectivity index (χ0) is 22.8. The second kappa shape index (κ2) is 9.43. The fraction of sp³-hybridized carbons (Fsp3) is 0.385. The largest absolute Gasteiger partial charge is 0.376 e. The van der Waals surface area contributed by atoms with E-state index >= 15 is 0 Å². The zero-order valence-corrected chi connectivity index (χ0v) is 20.1. The van der Waals surface area contributed by atoms with Crippen LogP contribution in [0.25, 0.3) is 10.9 Å². The van der Waals surface area contributed by atoms with Gasteiger partial charge in [-0.25, -0.2) is 0 Å². The minimum Gasteiger partial charge on any atom is -0.376 e. The summed E-state index contributed by atoms with van der Waals surface area (Å²) < 4.78 is 5.88. The molecule has 0 bridgehead atoms. The number of benzene rings is 2. The molecule has 2 N–H and O–H groups in total. The molecule has 1 aromatic heterocycles. The standard InChI is InChI=1S/C26H31N3O2S/c1-16-7-8-23(19(4)10-16)28-26(32)29(15-22-6-5-9-31-22)14-21-13-20-11-17(2)18(3)12-24(20)27-25(21)30/h7-8,10-13,22H,5-6,9,14-15H2,1-4H3,(H,27,30)(H,28,32)/t22-/m0/s1. The number of H-pyrrole nitrogens is 1. The normalized spacial score (nSPS) is 15.8. The monoisotopic (exact) mass is 449 g/mol. The van der Waals surface area contributed by atoms with Crippen molar-refractivity contribution >= 4 is 33.9 Å². The first-order valence-electron chi connectivity index (χ1n) is 11.2. The second-order valence-electron chi connectivity index (χ2n) is 8.91. The van der Waals surface area contributed by atoms with Crippen LogP contribution >= 0.6 is 12.2 Å². The van der Waals surface area contributed by atoms with Gasteiger partial charge in [-0.1, -0.05) is 17.7 Å². The molecule has 0 saturated carbocycles. The molecule has 1 atom stereocenters. The maximum atomic E-state index is 12.9. The third kappa shape index (κ3) is 5.03. The number of aromatic amines is 1. The van der Waals surface area contributed by atoms with Gasteiger partial charge in [0.25, 0.3) is 5.56 Å². The van der Waals surface area contributed by atoms with Gasteiger partial charge in [-0.05, 0) is 99.1 Å². The van der Waals surface area contributed by atoms with Crippen LogP contribution in [-0.2, 0) is 11.3 Å². The lowest BCUT2D eigenvalue weighted by Crippen LogP contribution is -2.40. The highest BCUT2D eigenvalue weighted by Crippen LogP contribution is 2.21. The Kier molecular flexibility index (Phi) is 6.63. The number of anilines is 1. The van der Waals surface area contributed by atoms with Crippen molar-refractivity contribution in [3.63, 3.8) is 0 Å². The minimum atomic E-state index is -0.0765. The van der Waals surface area contributed by atoms with Crippen molar-refractivity contribution in [1.82, 2.24) is 9.88 Å². The Morgan fingerprint density at radius 2 is 1.91 bits per heavy atom. The predicted octanol–water partition coefficient (Wildman–Crippen LogP) is 5.14. The van der Waals surface area contributed by atoms with Crippen LogP contribution < -0.4 is 10.9 Å². The third-order valence-electron chi connectivity index (χ3n) is 6.26. The van der Waals surface area contributed by atoms with Crippen LogP contribution in [0.1, 0.15) is 40.7 Å². The number of thiocarbonyl (C=S) groups is 1. The van der Waals surface area contributed by atoms with Crippen molar-refractivity contribution in [2.45, 2.75) is 53.2 Å². The molecule has 3 aromatic rings. The SMILES string of the molecule is Cc1ccc(NC(=S)N(Cc2cc3cc(C)c(C)cc3[nH]c2=O)C[C@@H]2CCCO2)c(C)c1. The fourth-order valence-corrected chi connectivity index (χ4v) is 4.50. The maximum absolute atomic E-state index is 12.9. The summed E-state index contributed by atoms with van der Waals surface area (Å²) in [6.07, 6.45) is 2.19. The van der Waals surface area contributed by atoms with E-state index in [0.29, 0.717) is 23.8 Å². The molecule has 1 aliphatic heterocycles. The van der Waals surface area contributed by atoms with Crippen LogP contribution in [0.15, 0.2) is 41.2 Å². The summed E-state index contributed by atoms with van der Waals surface area (Å²) in [7, 11) is 0. The molecule has 0 unspecified atom stereocenters. The smallest absolute Gasteiger partial charge is 0.253 e. The van der Waals surface area contributed by atoms with Crippen LogP contribution in [0.3, 0.4) is 0 Å². The predicted molar refractivity (Wildman–Crippen MR) is 136 cm³/mol. The molecule has 6 heteroatoms. The minimum absolute atomic E-state index is 0.0765. The van der Waals surface area contributed by atoms with Gasteiger partial charge in [0.1, 0.15) is 0 Å². The van der Waals surface area contributed by atoms with Gasteiger partial charge in [-0.3, -0.25) is 4.79 Å². The quantitative estimate of drug-likeness (QED) is 0.528. The van der Waals surface area contributed by atoms with Crippen molar-refractivity contribution in [3.8, 4) is 0 Å². The number of hydrogen-bond donors (Lipinski definition) is 2. The topological polar surface area (TPSA) is 57.4 Å². The molecular formula is C26H31N3O2S. The molecular weight excluding hydrogens is 418 g/mol. The first-order chi connectivity index (χ1) is 15.3. The number of rotatable bonds is 5. The molecule has 1 fully saturated rings. The summed E-state index contributed by atoms with van der Waals surface area (Å²) in [5, 5.41) is 5.03. The van der Waals surface area contributed by atoms with Gasteiger partial charge < -0.3 is 19.9 Å². The summed E-state index contributed by atoms with van der Waals surface area (Å²) in [5.41, 5.74) is 7.19. The van der Waals surface area contributed by atoms with Gasteiger partial charge in [0, 0.05) is 29.9 Å². The number of nitrogens with zero attached hydrogens (tertiary/aromatic N) is 1. The number of nitrogens with one attached hydrogen (secondary N) is 2. The first kappa shape index (κ1) is 22.5. The molecule has 0 aliphatic carbocycles. The van der Waals surface area contributed by atoms with Gasteiger partial charge in [0.15, 0.2) is 5.11 Å². The van der Waals surface area contributed by atoms with E-state index in [1.54, 1.807) is 0 Å². The lowest BCUT2D eigenvalue weighted by Gasteiger charge is -2.28. The molecule has 168 valence electrons. The summed E-state index contributed by atoms with van der Waals surface area (Å²) in [6.45, 7) is 10.2. The molecule has 0 radical (unpaired) electrons. The zero-order valence-electron chi connectivity index (χ0n) is 19.2. The molecule has 2 heterocycles. The highest BCUT2D eigenvalue weighted by atomic mass is 32.1. The van der Waals surface area contributed by atoms with Gasteiger partial charge in [-0.15, -0.1) is 0 Å². The molecule has 1 saturated heterocycles. The van der Waals surface area contributed by atoms with Gasteiger partial charge >= 0.3 is 0 Å². The van der Waals surface area contributed by atoms with E-state index in [9.17, 15) is 4.79 Å². The number of hydrogen-bond acceptors (Lipinski definition) is 3. The van der Waals surface area contributed by atoms with Crippen molar-refractivity contribution < 1.29 is 4.74 Å². The van der Waals surface area contributed by atoms with Crippen LogP contribution in [0.4, 0.5) is 5.69 Å². The lowest BCUT2D eigenvalue weighted by atomic mass is 10.0. The Morgan fingerprint density at radius 3 is 2.62 bits per heavy atom. The van der Waals surface area contributed by atoms with Crippen LogP contribution in [0.2, 0.25) is 0 Å². The van der Waals surface area contributed by atoms with E-state index in [1.165, 1.54) is 16.7 Å². The molecule has 1 aliphatic rings. The molecule has 2 aromatic carbocycles. The van der Waals surface area contributed by atoms with E-state index in [0.717, 1.165) is 41.6 Å². The van der Waals surface area contributed by atoms with Crippen molar-refractivity contribution in [2.24, 2.45) is 0 Å². The summed E-state index contributed by atoms with van der Waals surface area (Å²) in [5.74, 6) is 0. The average molecular weight is 450 g/mol. The van der Waals surface area contributed by atoms with E-state index < -0.39 is 0 Å². The van der Waals surface area contributed by atoms with Crippen LogP contribution in [-0.4, -0.2) is 34.3 Å². The molecule has 4 rings (SSSR count). The highest BCUT2D eigenvalue weighted by molar-refractivity contribution is 7.80. The fourth-order valence-electron chi connectivity index (χ4n) is 4.25. The molecule has 0 amide bonds. The average Bonchev–Trinajstić information content (AvgIpc) is 3.25. The van der Waals surface area contributed by atoms with E-state index in [2.05, 4.69) is 67.2 Å². The van der Waals surface area contributed by atoms with Gasteiger partial charge in [-0.2, -0.15) is 0 Å². The number of pyridine rings is 1. The Bertz CT molecular complexity index is 1210. The van der Waals surface area contributed by atoms with Gasteiger partial charge in [0.05, 0.1) is 12.6 Å². The molecule has 0 spiro atoms. The Labute approximate surface area is 194 Å². The summed E-state index contributed by atoms with van der Waals surface area (Å²) in [6, 6.07) is 12.4. The number of ether oxygens (including phenoxy) is 1. The number of fused-ring (bicyclic) bond motifs is 1. The van der Waals surface area contributed by atoms with Crippen LogP contribution in [0, 0.1) is 27.7 Å². The number of aryl methyl sites for hydroxylation is 4. The summed E-state index contributed by atoms with van der Waals surface area (Å²) in [4.78, 5) is 18.0. The maximum Gasteiger partial charge on any atom is 0.253 e. The first-order valence-corrected chi connectivity index (χ1v) is 11.6. The lowest BCUT2D eigenvalue weighted by molar-refractivity contribution is 0.0904. The number of aromatic nitrogens is 1. The van der Waals surface area contributed by atoms with Crippen LogP contribution in [0.5, 0.6) is 0 Å². The van der Waals surface area contributed by atoms with E-state index in [-0.39, 0.29) is 11.7 Å². The van der Waals surface area contributed by atoms with E-state index in [1.807, 2.05) is 12.1 Å². The Hall–Kier alpha value is -2.70. The van der Waals surface area contributed by atoms with Crippen molar-refractivity contribution in [1.29, 1.82) is 0 Å². The second-order valence-corrected chi connectivity index (χ2v) is 9.30. The van der Waals surface area contributed by atoms with Crippen molar-refractivity contribution in [3.05, 3.63) is 74.6 Å². The van der Waals surface area contributed by atoms with E-state index in [4.69, 9.17) is 17.0 Å². The summed E-state index contributed by atoms with van der Waals surface area (Å²) >= 11 is 5.81. The van der Waals surface area contributed by atoms with Gasteiger partial charge in [0.2, 0.25) is 0 Å². The van der Waals surface area contributed by atoms with Crippen molar-refractivity contribution in [2.75, 3.05) is 18.5 Å². The highest BCUT2D eigenvalue weighted by Gasteiger charge is 2.22. The Balaban J connectivity index is 1.62. The molecule has 32 heavy (non-hydrogen) atoms.